The number of hydrogen-bond donors (Lipinski definition) is 1. The third-order valence-corrected chi connectivity index (χ3v) is 5.71. The summed E-state index contributed by atoms with van der Waals surface area (Å²) >= 11 is 6.18. The number of rotatable bonds is 10. The van der Waals surface area contributed by atoms with Crippen LogP contribution in [0.15, 0.2) is 66.9 Å². The Morgan fingerprint density at radius 3 is 2.61 bits per heavy atom. The maximum Gasteiger partial charge on any atom is 0.169 e. The van der Waals surface area contributed by atoms with Gasteiger partial charge >= 0.3 is 0 Å². The van der Waals surface area contributed by atoms with Gasteiger partial charge in [0.1, 0.15) is 18.1 Å². The average Bonchev–Trinajstić information content (AvgIpc) is 3.23. The van der Waals surface area contributed by atoms with Crippen molar-refractivity contribution in [1.29, 1.82) is 0 Å². The lowest BCUT2D eigenvalue weighted by atomic mass is 10.0. The van der Waals surface area contributed by atoms with Crippen LogP contribution in [0.4, 0.5) is 0 Å². The van der Waals surface area contributed by atoms with Gasteiger partial charge in [0.05, 0.1) is 20.3 Å². The van der Waals surface area contributed by atoms with Crippen LogP contribution in [0.2, 0.25) is 5.02 Å². The third kappa shape index (κ3) is 5.56. The number of Topliss-reactive ketones (excluding diaryl/α,β-unsaturated/α-hetero) is 1. The second-order valence-electron chi connectivity index (χ2n) is 7.81. The van der Waals surface area contributed by atoms with E-state index in [0.717, 1.165) is 33.3 Å². The summed E-state index contributed by atoms with van der Waals surface area (Å²) < 4.78 is 17.0. The number of fused-ring (bicyclic) bond motifs is 1. The summed E-state index contributed by atoms with van der Waals surface area (Å²) in [6, 6.07) is 19.2. The molecule has 0 aliphatic rings. The number of carbonyl (C=O) groups excluding carboxylic acids is 1. The molecule has 170 valence electrons. The molecule has 0 amide bonds. The first-order chi connectivity index (χ1) is 16.0. The molecule has 0 bridgehead atoms. The molecule has 0 aliphatic heterocycles. The molecule has 0 saturated carbocycles. The predicted molar refractivity (Wildman–Crippen MR) is 131 cm³/mol. The Kier molecular flexibility index (Phi) is 7.33. The SMILES string of the molecule is COc1cc2[nH]cc(C(=O)Cc3ccc(Cl)cc3OCCOCc3ccccc3)c2cc1C. The van der Waals surface area contributed by atoms with E-state index < -0.39 is 0 Å². The molecule has 3 aromatic carbocycles. The van der Waals surface area contributed by atoms with Gasteiger partial charge in [0.15, 0.2) is 5.78 Å². The monoisotopic (exact) mass is 463 g/mol. The second kappa shape index (κ2) is 10.6. The van der Waals surface area contributed by atoms with Gasteiger partial charge in [-0.05, 0) is 36.2 Å². The summed E-state index contributed by atoms with van der Waals surface area (Å²) in [5.74, 6) is 1.38. The molecule has 5 nitrogen and oxygen atoms in total. The zero-order valence-electron chi connectivity index (χ0n) is 18.7. The van der Waals surface area contributed by atoms with Crippen LogP contribution < -0.4 is 9.47 Å². The van der Waals surface area contributed by atoms with E-state index in [1.807, 2.05) is 55.5 Å². The van der Waals surface area contributed by atoms with Gasteiger partial charge in [-0.2, -0.15) is 0 Å². The topological polar surface area (TPSA) is 60.6 Å². The number of aryl methyl sites for hydroxylation is 1. The molecule has 1 heterocycles. The number of hydrogen-bond acceptors (Lipinski definition) is 4. The van der Waals surface area contributed by atoms with E-state index in [2.05, 4.69) is 4.98 Å². The van der Waals surface area contributed by atoms with Gasteiger partial charge in [-0.25, -0.2) is 0 Å². The van der Waals surface area contributed by atoms with E-state index in [-0.39, 0.29) is 12.2 Å². The Balaban J connectivity index is 1.42. The minimum atomic E-state index is -0.00156. The minimum Gasteiger partial charge on any atom is -0.496 e. The van der Waals surface area contributed by atoms with Crippen LogP contribution >= 0.6 is 11.6 Å². The quantitative estimate of drug-likeness (QED) is 0.226. The fraction of sp³-hybridized carbons (Fsp3) is 0.222. The number of aromatic nitrogens is 1. The first-order valence-electron chi connectivity index (χ1n) is 10.8. The Morgan fingerprint density at radius 1 is 1.00 bits per heavy atom. The highest BCUT2D eigenvalue weighted by atomic mass is 35.5. The minimum absolute atomic E-state index is 0.00156. The molecule has 0 aliphatic carbocycles. The van der Waals surface area contributed by atoms with E-state index in [4.69, 9.17) is 25.8 Å². The zero-order chi connectivity index (χ0) is 23.2. The maximum atomic E-state index is 13.2. The van der Waals surface area contributed by atoms with Crippen LogP contribution in [0, 0.1) is 6.92 Å². The van der Waals surface area contributed by atoms with E-state index >= 15 is 0 Å². The molecule has 0 atom stereocenters. The van der Waals surface area contributed by atoms with E-state index in [1.165, 1.54) is 0 Å². The van der Waals surface area contributed by atoms with Crippen molar-refractivity contribution in [2.45, 2.75) is 20.0 Å². The number of nitrogens with one attached hydrogen (secondary N) is 1. The fourth-order valence-corrected chi connectivity index (χ4v) is 3.92. The van der Waals surface area contributed by atoms with Crippen molar-refractivity contribution >= 4 is 28.3 Å². The van der Waals surface area contributed by atoms with Crippen molar-refractivity contribution in [3.63, 3.8) is 0 Å². The molecule has 4 aromatic rings. The van der Waals surface area contributed by atoms with Gasteiger partial charge in [0.25, 0.3) is 0 Å². The Labute approximate surface area is 198 Å². The largest absolute Gasteiger partial charge is 0.496 e. The molecule has 4 rings (SSSR count). The molecular weight excluding hydrogens is 438 g/mol. The summed E-state index contributed by atoms with van der Waals surface area (Å²) in [4.78, 5) is 16.3. The maximum absolute atomic E-state index is 13.2. The fourth-order valence-electron chi connectivity index (χ4n) is 3.76. The number of ether oxygens (including phenoxy) is 3. The van der Waals surface area contributed by atoms with E-state index in [9.17, 15) is 4.79 Å². The second-order valence-corrected chi connectivity index (χ2v) is 8.24. The molecule has 0 spiro atoms. The molecule has 0 saturated heterocycles. The lowest BCUT2D eigenvalue weighted by molar-refractivity contribution is 0.0883. The molecule has 0 fully saturated rings. The molecule has 33 heavy (non-hydrogen) atoms. The van der Waals surface area contributed by atoms with Gasteiger partial charge < -0.3 is 19.2 Å². The van der Waals surface area contributed by atoms with Crippen LogP contribution in [-0.4, -0.2) is 31.1 Å². The number of ketones is 1. The van der Waals surface area contributed by atoms with Crippen LogP contribution in [0.25, 0.3) is 10.9 Å². The molecule has 6 heteroatoms. The average molecular weight is 464 g/mol. The van der Waals surface area contributed by atoms with Crippen LogP contribution in [0.1, 0.15) is 27.0 Å². The van der Waals surface area contributed by atoms with Crippen molar-refractivity contribution in [1.82, 2.24) is 4.98 Å². The van der Waals surface area contributed by atoms with Crippen molar-refractivity contribution in [2.75, 3.05) is 20.3 Å². The number of carbonyl (C=O) groups is 1. The van der Waals surface area contributed by atoms with Gasteiger partial charge in [0, 0.05) is 45.7 Å². The first kappa shape index (κ1) is 22.9. The molecular formula is C27H26ClNO4. The number of aromatic amines is 1. The summed E-state index contributed by atoms with van der Waals surface area (Å²) in [6.07, 6.45) is 1.95. The van der Waals surface area contributed by atoms with Crippen LogP contribution in [0.3, 0.4) is 0 Å². The Morgan fingerprint density at radius 2 is 1.82 bits per heavy atom. The van der Waals surface area contributed by atoms with Crippen LogP contribution in [-0.2, 0) is 17.8 Å². The summed E-state index contributed by atoms with van der Waals surface area (Å²) in [5, 5.41) is 1.44. The third-order valence-electron chi connectivity index (χ3n) is 5.47. The highest BCUT2D eigenvalue weighted by Crippen LogP contribution is 2.29. The van der Waals surface area contributed by atoms with Crippen molar-refractivity contribution in [2.24, 2.45) is 0 Å². The van der Waals surface area contributed by atoms with Crippen molar-refractivity contribution < 1.29 is 19.0 Å². The van der Waals surface area contributed by atoms with E-state index in [0.29, 0.717) is 36.2 Å². The van der Waals surface area contributed by atoms with Crippen LogP contribution in [0.5, 0.6) is 11.5 Å². The molecule has 0 radical (unpaired) electrons. The lowest BCUT2D eigenvalue weighted by Gasteiger charge is -2.12. The smallest absolute Gasteiger partial charge is 0.169 e. The number of H-pyrrole nitrogens is 1. The Bertz CT molecular complexity index is 1250. The number of methoxy groups -OCH3 is 1. The van der Waals surface area contributed by atoms with Crippen molar-refractivity contribution in [3.05, 3.63) is 94.1 Å². The lowest BCUT2D eigenvalue weighted by Crippen LogP contribution is -2.10. The van der Waals surface area contributed by atoms with Gasteiger partial charge in [-0.1, -0.05) is 48.0 Å². The first-order valence-corrected chi connectivity index (χ1v) is 11.1. The van der Waals surface area contributed by atoms with Gasteiger partial charge in [0.2, 0.25) is 0 Å². The molecule has 1 N–H and O–H groups in total. The van der Waals surface area contributed by atoms with Gasteiger partial charge in [-0.3, -0.25) is 4.79 Å². The highest BCUT2D eigenvalue weighted by molar-refractivity contribution is 6.30. The number of halogens is 1. The molecule has 1 aromatic heterocycles. The van der Waals surface area contributed by atoms with E-state index in [1.54, 1.807) is 25.4 Å². The van der Waals surface area contributed by atoms with Crippen molar-refractivity contribution in [3.8, 4) is 11.5 Å². The summed E-state index contributed by atoms with van der Waals surface area (Å²) in [6.45, 7) is 3.28. The molecule has 0 unspecified atom stereocenters. The van der Waals surface area contributed by atoms with Gasteiger partial charge in [-0.15, -0.1) is 0 Å². The summed E-state index contributed by atoms with van der Waals surface area (Å²) in [5.41, 5.74) is 4.38. The Hall–Kier alpha value is -3.28. The number of benzene rings is 3. The standard InChI is InChI=1S/C27H26ClNO4/c1-18-12-22-23(16-29-24(22)15-26(18)31-2)25(30)13-20-8-9-21(28)14-27(20)33-11-10-32-17-19-6-4-3-5-7-19/h3-9,12,14-16,29H,10-11,13,17H2,1-2H3. The normalized spacial score (nSPS) is 11.0. The summed E-state index contributed by atoms with van der Waals surface area (Å²) in [7, 11) is 1.64. The zero-order valence-corrected chi connectivity index (χ0v) is 19.4. The highest BCUT2D eigenvalue weighted by Gasteiger charge is 2.17. The predicted octanol–water partition coefficient (Wildman–Crippen LogP) is 6.16.